The lowest BCUT2D eigenvalue weighted by atomic mass is 9.96. The molecule has 0 saturated carbocycles. The number of pyridine rings is 1. The van der Waals surface area contributed by atoms with Gasteiger partial charge < -0.3 is 4.52 Å². The van der Waals surface area contributed by atoms with Crippen molar-refractivity contribution < 1.29 is 4.52 Å². The number of hydrogen-bond acceptors (Lipinski definition) is 7. The highest BCUT2D eigenvalue weighted by Crippen LogP contribution is 2.20. The zero-order valence-corrected chi connectivity index (χ0v) is 14.4. The minimum absolute atomic E-state index is 0.0129. The standard InChI is InChI=1S/C18H20N6O2/c25-18-9-16(15-1-5-19-6-2-15)20-12-24(18)10-14-3-7-23(8-4-14)11-17-21-13-26-22-17/h1-2,5-6,9,12-14H,3-4,7-8,10-11H2. The van der Waals surface area contributed by atoms with Crippen LogP contribution in [0, 0.1) is 5.92 Å². The van der Waals surface area contributed by atoms with E-state index in [-0.39, 0.29) is 5.56 Å². The van der Waals surface area contributed by atoms with Crippen molar-refractivity contribution >= 4 is 0 Å². The lowest BCUT2D eigenvalue weighted by Crippen LogP contribution is -2.36. The van der Waals surface area contributed by atoms with Gasteiger partial charge in [-0.3, -0.25) is 19.2 Å². The predicted molar refractivity (Wildman–Crippen MR) is 94.0 cm³/mol. The molecule has 3 aromatic heterocycles. The predicted octanol–water partition coefficient (Wildman–Crippen LogP) is 1.60. The molecule has 1 saturated heterocycles. The summed E-state index contributed by atoms with van der Waals surface area (Å²) in [6.45, 7) is 3.36. The first-order valence-corrected chi connectivity index (χ1v) is 8.72. The Balaban J connectivity index is 1.35. The SMILES string of the molecule is O=c1cc(-c2ccncc2)ncn1CC1CCN(Cc2ncon2)CC1. The van der Waals surface area contributed by atoms with Crippen LogP contribution in [0.2, 0.25) is 0 Å². The maximum Gasteiger partial charge on any atom is 0.253 e. The summed E-state index contributed by atoms with van der Waals surface area (Å²) in [5.74, 6) is 1.19. The van der Waals surface area contributed by atoms with Gasteiger partial charge in [0.25, 0.3) is 5.56 Å². The second kappa shape index (κ2) is 7.57. The summed E-state index contributed by atoms with van der Waals surface area (Å²) in [7, 11) is 0. The third-order valence-corrected chi connectivity index (χ3v) is 4.79. The minimum Gasteiger partial charge on any atom is -0.343 e. The van der Waals surface area contributed by atoms with E-state index in [1.54, 1.807) is 29.4 Å². The Kier molecular flexibility index (Phi) is 4.83. The monoisotopic (exact) mass is 352 g/mol. The van der Waals surface area contributed by atoms with Gasteiger partial charge in [-0.15, -0.1) is 0 Å². The third kappa shape index (κ3) is 3.85. The molecule has 3 aromatic rings. The molecule has 8 nitrogen and oxygen atoms in total. The molecule has 4 heterocycles. The maximum atomic E-state index is 12.4. The molecule has 1 aliphatic rings. The minimum atomic E-state index is -0.0129. The number of likely N-dealkylation sites (tertiary alicyclic amines) is 1. The molecular weight excluding hydrogens is 332 g/mol. The average molecular weight is 352 g/mol. The van der Waals surface area contributed by atoms with E-state index in [9.17, 15) is 4.79 Å². The summed E-state index contributed by atoms with van der Waals surface area (Å²) in [4.78, 5) is 27.2. The van der Waals surface area contributed by atoms with E-state index < -0.39 is 0 Å². The molecule has 1 fully saturated rings. The summed E-state index contributed by atoms with van der Waals surface area (Å²) >= 11 is 0. The highest BCUT2D eigenvalue weighted by molar-refractivity contribution is 5.57. The molecule has 0 N–H and O–H groups in total. The zero-order chi connectivity index (χ0) is 17.8. The number of nitrogens with zero attached hydrogens (tertiary/aromatic N) is 6. The molecule has 26 heavy (non-hydrogen) atoms. The first kappa shape index (κ1) is 16.6. The summed E-state index contributed by atoms with van der Waals surface area (Å²) in [6.07, 6.45) is 8.49. The maximum absolute atomic E-state index is 12.4. The van der Waals surface area contributed by atoms with Crippen LogP contribution in [-0.2, 0) is 13.1 Å². The number of hydrogen-bond donors (Lipinski definition) is 0. The molecule has 0 atom stereocenters. The fourth-order valence-corrected chi connectivity index (χ4v) is 3.31. The van der Waals surface area contributed by atoms with Gasteiger partial charge in [-0.25, -0.2) is 4.98 Å². The molecule has 0 bridgehead atoms. The van der Waals surface area contributed by atoms with Gasteiger partial charge in [0.05, 0.1) is 18.6 Å². The van der Waals surface area contributed by atoms with Crippen LogP contribution in [0.5, 0.6) is 0 Å². The van der Waals surface area contributed by atoms with Gasteiger partial charge in [0.1, 0.15) is 0 Å². The second-order valence-corrected chi connectivity index (χ2v) is 6.57. The molecule has 0 unspecified atom stereocenters. The van der Waals surface area contributed by atoms with Crippen LogP contribution < -0.4 is 5.56 Å². The van der Waals surface area contributed by atoms with Crippen molar-refractivity contribution in [2.75, 3.05) is 13.1 Å². The van der Waals surface area contributed by atoms with Crippen LogP contribution in [0.25, 0.3) is 11.3 Å². The lowest BCUT2D eigenvalue weighted by Gasteiger charge is -2.31. The van der Waals surface area contributed by atoms with Gasteiger partial charge in [0.2, 0.25) is 6.39 Å². The van der Waals surface area contributed by atoms with Gasteiger partial charge in [0.15, 0.2) is 5.82 Å². The molecule has 0 aromatic carbocycles. The Morgan fingerprint density at radius 2 is 1.96 bits per heavy atom. The molecule has 4 rings (SSSR count). The van der Waals surface area contributed by atoms with Crippen molar-refractivity contribution in [1.29, 1.82) is 0 Å². The third-order valence-electron chi connectivity index (χ3n) is 4.79. The van der Waals surface area contributed by atoms with Crippen LogP contribution >= 0.6 is 0 Å². The van der Waals surface area contributed by atoms with E-state index >= 15 is 0 Å². The van der Waals surface area contributed by atoms with Crippen molar-refractivity contribution in [3.63, 3.8) is 0 Å². The molecule has 8 heteroatoms. The van der Waals surface area contributed by atoms with E-state index in [2.05, 4.69) is 25.0 Å². The van der Waals surface area contributed by atoms with Gasteiger partial charge in [-0.05, 0) is 44.0 Å². The Morgan fingerprint density at radius 3 is 2.65 bits per heavy atom. The molecule has 134 valence electrons. The smallest absolute Gasteiger partial charge is 0.253 e. The van der Waals surface area contributed by atoms with Gasteiger partial charge in [-0.2, -0.15) is 4.98 Å². The van der Waals surface area contributed by atoms with Crippen molar-refractivity contribution in [3.05, 3.63) is 59.5 Å². The molecule has 1 aliphatic heterocycles. The lowest BCUT2D eigenvalue weighted by molar-refractivity contribution is 0.161. The fraction of sp³-hybridized carbons (Fsp3) is 0.389. The molecule has 0 amide bonds. The summed E-state index contributed by atoms with van der Waals surface area (Å²) in [6, 6.07) is 5.30. The van der Waals surface area contributed by atoms with Crippen LogP contribution in [0.3, 0.4) is 0 Å². The largest absolute Gasteiger partial charge is 0.343 e. The van der Waals surface area contributed by atoms with E-state index in [0.29, 0.717) is 24.7 Å². The van der Waals surface area contributed by atoms with E-state index in [1.165, 1.54) is 6.39 Å². The van der Waals surface area contributed by atoms with Crippen molar-refractivity contribution in [2.45, 2.75) is 25.9 Å². The molecule has 0 spiro atoms. The first-order valence-electron chi connectivity index (χ1n) is 8.72. The topological polar surface area (TPSA) is 89.9 Å². The highest BCUT2D eigenvalue weighted by Gasteiger charge is 2.21. The molecule has 0 aliphatic carbocycles. The van der Waals surface area contributed by atoms with Crippen LogP contribution in [0.4, 0.5) is 0 Å². The normalized spacial score (nSPS) is 16.0. The Hall–Kier alpha value is -2.87. The number of rotatable bonds is 5. The van der Waals surface area contributed by atoms with Gasteiger partial charge >= 0.3 is 0 Å². The van der Waals surface area contributed by atoms with Crippen LogP contribution in [0.1, 0.15) is 18.7 Å². The fourth-order valence-electron chi connectivity index (χ4n) is 3.31. The highest BCUT2D eigenvalue weighted by atomic mass is 16.5. The van der Waals surface area contributed by atoms with E-state index in [0.717, 1.165) is 37.3 Å². The molecule has 0 radical (unpaired) electrons. The van der Waals surface area contributed by atoms with Crippen molar-refractivity contribution in [3.8, 4) is 11.3 Å². The zero-order valence-electron chi connectivity index (χ0n) is 14.4. The van der Waals surface area contributed by atoms with Crippen LogP contribution in [0.15, 0.2) is 52.6 Å². The van der Waals surface area contributed by atoms with Gasteiger partial charge in [0, 0.05) is 30.6 Å². The number of piperidine rings is 1. The summed E-state index contributed by atoms with van der Waals surface area (Å²) < 4.78 is 6.49. The van der Waals surface area contributed by atoms with E-state index in [1.807, 2.05) is 12.1 Å². The van der Waals surface area contributed by atoms with E-state index in [4.69, 9.17) is 4.52 Å². The quantitative estimate of drug-likeness (QED) is 0.689. The Bertz CT molecular complexity index is 886. The van der Waals surface area contributed by atoms with Crippen LogP contribution in [-0.4, -0.2) is 42.7 Å². The average Bonchev–Trinajstić information content (AvgIpc) is 3.19. The van der Waals surface area contributed by atoms with Gasteiger partial charge in [-0.1, -0.05) is 5.16 Å². The second-order valence-electron chi connectivity index (χ2n) is 6.57. The van der Waals surface area contributed by atoms with Crippen molar-refractivity contribution in [2.24, 2.45) is 5.92 Å². The first-order chi connectivity index (χ1) is 12.8. The Labute approximate surface area is 150 Å². The molecular formula is C18H20N6O2. The number of aromatic nitrogens is 5. The Morgan fingerprint density at radius 1 is 1.15 bits per heavy atom. The van der Waals surface area contributed by atoms with Crippen molar-refractivity contribution in [1.82, 2.24) is 29.6 Å². The summed E-state index contributed by atoms with van der Waals surface area (Å²) in [5.41, 5.74) is 1.57. The summed E-state index contributed by atoms with van der Waals surface area (Å²) in [5, 5.41) is 3.86.